The van der Waals surface area contributed by atoms with E-state index in [1.165, 1.54) is 0 Å². The van der Waals surface area contributed by atoms with E-state index in [1.54, 1.807) is 19.0 Å². The first-order valence-corrected chi connectivity index (χ1v) is 6.98. The molecule has 0 bridgehead atoms. The number of hydrogen-bond acceptors (Lipinski definition) is 5. The highest BCUT2D eigenvalue weighted by Gasteiger charge is 2.09. The Kier molecular flexibility index (Phi) is 6.21. The van der Waals surface area contributed by atoms with E-state index in [9.17, 15) is 4.79 Å². The molecule has 0 aliphatic heterocycles. The van der Waals surface area contributed by atoms with E-state index in [0.717, 1.165) is 36.0 Å². The van der Waals surface area contributed by atoms with Crippen LogP contribution in [0.5, 0.6) is 0 Å². The van der Waals surface area contributed by atoms with Crippen LogP contribution in [0, 0.1) is 13.8 Å². The molecule has 1 aromatic rings. The third kappa shape index (κ3) is 4.68. The van der Waals surface area contributed by atoms with Gasteiger partial charge in [-0.15, -0.1) is 0 Å². The summed E-state index contributed by atoms with van der Waals surface area (Å²) in [7, 11) is 3.52. The van der Waals surface area contributed by atoms with E-state index in [2.05, 4.69) is 27.5 Å². The Morgan fingerprint density at radius 2 is 1.65 bits per heavy atom. The van der Waals surface area contributed by atoms with Gasteiger partial charge in [0.15, 0.2) is 0 Å². The lowest BCUT2D eigenvalue weighted by Gasteiger charge is -2.15. The van der Waals surface area contributed by atoms with Gasteiger partial charge in [-0.2, -0.15) is 0 Å². The number of carbonyl (C=O) groups excluding carboxylic acids is 1. The quantitative estimate of drug-likeness (QED) is 0.796. The van der Waals surface area contributed by atoms with Gasteiger partial charge >= 0.3 is 0 Å². The molecule has 6 heteroatoms. The molecule has 0 aliphatic carbocycles. The van der Waals surface area contributed by atoms with Crippen molar-refractivity contribution >= 4 is 17.5 Å². The van der Waals surface area contributed by atoms with Gasteiger partial charge in [0.05, 0.1) is 0 Å². The molecule has 0 saturated carbocycles. The second-order valence-electron chi connectivity index (χ2n) is 4.98. The second kappa shape index (κ2) is 7.67. The van der Waals surface area contributed by atoms with Crippen molar-refractivity contribution < 1.29 is 4.79 Å². The van der Waals surface area contributed by atoms with Crippen LogP contribution in [-0.4, -0.2) is 48.0 Å². The largest absolute Gasteiger partial charge is 0.370 e. The molecule has 0 radical (unpaired) electrons. The molecule has 6 nitrogen and oxygen atoms in total. The maximum Gasteiger partial charge on any atom is 0.223 e. The molecule has 0 atom stereocenters. The summed E-state index contributed by atoms with van der Waals surface area (Å²) < 4.78 is 0. The first-order valence-electron chi connectivity index (χ1n) is 6.98. The molecule has 0 spiro atoms. The summed E-state index contributed by atoms with van der Waals surface area (Å²) in [5, 5.41) is 6.51. The Morgan fingerprint density at radius 1 is 1.10 bits per heavy atom. The number of amides is 1. The third-order valence-electron chi connectivity index (χ3n) is 2.93. The minimum Gasteiger partial charge on any atom is -0.370 e. The summed E-state index contributed by atoms with van der Waals surface area (Å²) in [5.41, 5.74) is 0.987. The van der Waals surface area contributed by atoms with Crippen molar-refractivity contribution in [3.05, 3.63) is 11.4 Å². The van der Waals surface area contributed by atoms with Crippen molar-refractivity contribution in [3.8, 4) is 0 Å². The van der Waals surface area contributed by atoms with Gasteiger partial charge in [0.1, 0.15) is 17.5 Å². The minimum atomic E-state index is 0.102. The highest BCUT2D eigenvalue weighted by atomic mass is 16.2. The minimum absolute atomic E-state index is 0.102. The molecule has 112 valence electrons. The monoisotopic (exact) mass is 279 g/mol. The zero-order chi connectivity index (χ0) is 15.1. The summed E-state index contributed by atoms with van der Waals surface area (Å²) in [5.74, 6) is 2.48. The fourth-order valence-electron chi connectivity index (χ4n) is 1.73. The smallest absolute Gasteiger partial charge is 0.223 e. The zero-order valence-corrected chi connectivity index (χ0v) is 13.1. The molecular formula is C14H25N5O. The number of hydrogen-bond donors (Lipinski definition) is 2. The van der Waals surface area contributed by atoms with Gasteiger partial charge in [0.2, 0.25) is 5.91 Å². The standard InChI is InChI=1S/C14H25N5O/c1-6-8-15-13-10(2)14(18-11(3)17-13)16-9-7-12(20)19(4)5/h6-9H2,1-5H3,(H2,15,16,17,18). The molecule has 1 rings (SSSR count). The first kappa shape index (κ1) is 16.2. The van der Waals surface area contributed by atoms with Gasteiger partial charge in [-0.05, 0) is 20.3 Å². The lowest BCUT2D eigenvalue weighted by Crippen LogP contribution is -2.24. The molecule has 1 amide bonds. The molecular weight excluding hydrogens is 254 g/mol. The number of anilines is 2. The topological polar surface area (TPSA) is 70.1 Å². The Morgan fingerprint density at radius 3 is 2.15 bits per heavy atom. The lowest BCUT2D eigenvalue weighted by atomic mass is 10.3. The molecule has 1 aromatic heterocycles. The van der Waals surface area contributed by atoms with Gasteiger partial charge in [-0.25, -0.2) is 9.97 Å². The van der Waals surface area contributed by atoms with E-state index in [1.807, 2.05) is 13.8 Å². The predicted molar refractivity (Wildman–Crippen MR) is 82.1 cm³/mol. The molecule has 0 aromatic carbocycles. The van der Waals surface area contributed by atoms with Crippen molar-refractivity contribution in [1.29, 1.82) is 0 Å². The van der Waals surface area contributed by atoms with Crippen molar-refractivity contribution in [3.63, 3.8) is 0 Å². The Hall–Kier alpha value is -1.85. The zero-order valence-electron chi connectivity index (χ0n) is 13.1. The maximum atomic E-state index is 11.5. The van der Waals surface area contributed by atoms with E-state index in [4.69, 9.17) is 0 Å². The van der Waals surface area contributed by atoms with Crippen LogP contribution in [0.3, 0.4) is 0 Å². The van der Waals surface area contributed by atoms with E-state index < -0.39 is 0 Å². The van der Waals surface area contributed by atoms with Gasteiger partial charge in [0, 0.05) is 39.2 Å². The predicted octanol–water partition coefficient (Wildman–Crippen LogP) is 1.81. The van der Waals surface area contributed by atoms with Crippen LogP contribution in [0.1, 0.15) is 31.2 Å². The van der Waals surface area contributed by atoms with Crippen LogP contribution in [0.4, 0.5) is 11.6 Å². The van der Waals surface area contributed by atoms with Crippen molar-refractivity contribution in [1.82, 2.24) is 14.9 Å². The van der Waals surface area contributed by atoms with Crippen molar-refractivity contribution in [2.45, 2.75) is 33.6 Å². The number of rotatable bonds is 7. The molecule has 0 saturated heterocycles. The summed E-state index contributed by atoms with van der Waals surface area (Å²) in [4.78, 5) is 21.9. The van der Waals surface area contributed by atoms with Crippen LogP contribution in [0.15, 0.2) is 0 Å². The molecule has 20 heavy (non-hydrogen) atoms. The van der Waals surface area contributed by atoms with E-state index in [-0.39, 0.29) is 5.91 Å². The van der Waals surface area contributed by atoms with E-state index >= 15 is 0 Å². The molecule has 0 unspecified atom stereocenters. The van der Waals surface area contributed by atoms with Gasteiger partial charge in [0.25, 0.3) is 0 Å². The van der Waals surface area contributed by atoms with Crippen molar-refractivity contribution in [2.75, 3.05) is 37.8 Å². The summed E-state index contributed by atoms with van der Waals surface area (Å²) in [6.07, 6.45) is 1.50. The van der Waals surface area contributed by atoms with Crippen LogP contribution in [0.25, 0.3) is 0 Å². The fourth-order valence-corrected chi connectivity index (χ4v) is 1.73. The average Bonchev–Trinajstić information content (AvgIpc) is 2.40. The lowest BCUT2D eigenvalue weighted by molar-refractivity contribution is -0.128. The second-order valence-corrected chi connectivity index (χ2v) is 4.98. The Labute approximate surface area is 121 Å². The molecule has 1 heterocycles. The summed E-state index contributed by atoms with van der Waals surface area (Å²) in [6, 6.07) is 0. The van der Waals surface area contributed by atoms with Crippen molar-refractivity contribution in [2.24, 2.45) is 0 Å². The summed E-state index contributed by atoms with van der Waals surface area (Å²) in [6.45, 7) is 7.42. The van der Waals surface area contributed by atoms with Gasteiger partial charge in [-0.3, -0.25) is 4.79 Å². The molecule has 0 aliphatic rings. The van der Waals surface area contributed by atoms with Crippen LogP contribution in [0.2, 0.25) is 0 Å². The third-order valence-corrected chi connectivity index (χ3v) is 2.93. The van der Waals surface area contributed by atoms with E-state index in [0.29, 0.717) is 13.0 Å². The number of carbonyl (C=O) groups is 1. The Bertz CT molecular complexity index is 459. The molecule has 0 fully saturated rings. The van der Waals surface area contributed by atoms with Crippen LogP contribution in [-0.2, 0) is 4.79 Å². The van der Waals surface area contributed by atoms with Gasteiger partial charge in [-0.1, -0.05) is 6.92 Å². The normalized spacial score (nSPS) is 10.2. The highest BCUT2D eigenvalue weighted by Crippen LogP contribution is 2.19. The van der Waals surface area contributed by atoms with Crippen LogP contribution < -0.4 is 10.6 Å². The Balaban J connectivity index is 2.69. The fraction of sp³-hybridized carbons (Fsp3) is 0.643. The first-order chi connectivity index (χ1) is 9.45. The average molecular weight is 279 g/mol. The number of nitrogens with zero attached hydrogens (tertiary/aromatic N) is 3. The number of nitrogens with one attached hydrogen (secondary N) is 2. The number of aromatic nitrogens is 2. The maximum absolute atomic E-state index is 11.5. The van der Waals surface area contributed by atoms with Gasteiger partial charge < -0.3 is 15.5 Å². The number of aryl methyl sites for hydroxylation is 1. The van der Waals surface area contributed by atoms with Crippen LogP contribution >= 0.6 is 0 Å². The highest BCUT2D eigenvalue weighted by molar-refractivity contribution is 5.76. The summed E-state index contributed by atoms with van der Waals surface area (Å²) >= 11 is 0. The SMILES string of the molecule is CCCNc1nc(C)nc(NCCC(=O)N(C)C)c1C. The molecule has 2 N–H and O–H groups in total.